The lowest BCUT2D eigenvalue weighted by atomic mass is 10.0. The van der Waals surface area contributed by atoms with Crippen LogP contribution in [0.15, 0.2) is 30.5 Å². The van der Waals surface area contributed by atoms with Crippen molar-refractivity contribution < 1.29 is 4.74 Å². The topological polar surface area (TPSA) is 33.5 Å². The van der Waals surface area contributed by atoms with Crippen LogP contribution in [0.3, 0.4) is 0 Å². The molecule has 1 aliphatic rings. The number of likely N-dealkylation sites (tertiary alicyclic amines) is 1. The number of pyridine rings is 1. The van der Waals surface area contributed by atoms with E-state index in [9.17, 15) is 0 Å². The maximum absolute atomic E-state index is 5.62. The smallest absolute Gasteiger partial charge is 0.240 e. The van der Waals surface area contributed by atoms with Crippen molar-refractivity contribution in [1.82, 2.24) is 14.6 Å². The fourth-order valence-electron chi connectivity index (χ4n) is 4.09. The Bertz CT molecular complexity index is 899. The van der Waals surface area contributed by atoms with Crippen LogP contribution in [0.5, 0.6) is 5.88 Å². The molecule has 1 atom stereocenters. The van der Waals surface area contributed by atoms with Crippen molar-refractivity contribution in [3.05, 3.63) is 36.0 Å². The zero-order chi connectivity index (χ0) is 16.8. The highest BCUT2D eigenvalue weighted by molar-refractivity contribution is 6.11. The third-order valence-corrected chi connectivity index (χ3v) is 5.14. The van der Waals surface area contributed by atoms with Gasteiger partial charge in [0.05, 0.1) is 12.6 Å². The van der Waals surface area contributed by atoms with Crippen LogP contribution >= 0.6 is 0 Å². The molecule has 0 radical (unpaired) electrons. The molecule has 0 amide bonds. The molecule has 0 spiro atoms. The van der Waals surface area contributed by atoms with Gasteiger partial charge in [-0.15, -0.1) is 0 Å². The number of hydrogen-bond donors (Lipinski definition) is 0. The maximum Gasteiger partial charge on any atom is 0.240 e. The molecule has 4 rings (SSSR count). The molecule has 1 fully saturated rings. The highest BCUT2D eigenvalue weighted by atomic mass is 16.5. The molecule has 5 nitrogen and oxygen atoms in total. The van der Waals surface area contributed by atoms with Crippen molar-refractivity contribution in [2.75, 3.05) is 39.8 Å². The molecular weight excluding hydrogens is 300 g/mol. The summed E-state index contributed by atoms with van der Waals surface area (Å²) in [4.78, 5) is 7.08. The summed E-state index contributed by atoms with van der Waals surface area (Å²) >= 11 is 0. The molecule has 1 saturated heterocycles. The van der Waals surface area contributed by atoms with E-state index in [-0.39, 0.29) is 0 Å². The fourth-order valence-corrected chi connectivity index (χ4v) is 4.09. The van der Waals surface area contributed by atoms with Gasteiger partial charge in [-0.1, -0.05) is 18.2 Å². The summed E-state index contributed by atoms with van der Waals surface area (Å²) in [5.74, 6) is 0.680. The molecule has 0 unspecified atom stereocenters. The Balaban J connectivity index is 2.15. The van der Waals surface area contributed by atoms with Gasteiger partial charge < -0.3 is 9.75 Å². The number of hydrogen-bond acceptors (Lipinski definition) is 4. The minimum atomic E-state index is 0.423. The second kappa shape index (κ2) is 5.67. The standard InChI is InChI=1S/C19H24N4O/c1-21(2)23-16-9-6-5-8-13(16)17-14(15-10-7-11-22(15)3)12-20-19(24-4)18(17)23/h5-6,8-9,12,15H,7,10-11H2,1-4H3/t15-/m0/s1. The minimum absolute atomic E-state index is 0.423. The van der Waals surface area contributed by atoms with E-state index in [1.165, 1.54) is 34.7 Å². The Kier molecular flexibility index (Phi) is 3.61. The molecule has 24 heavy (non-hydrogen) atoms. The van der Waals surface area contributed by atoms with Gasteiger partial charge in [-0.2, -0.15) is 0 Å². The Hall–Kier alpha value is -2.27. The highest BCUT2D eigenvalue weighted by Gasteiger charge is 2.28. The van der Waals surface area contributed by atoms with Crippen LogP contribution in [0, 0.1) is 0 Å². The average Bonchev–Trinajstić information content (AvgIpc) is 3.15. The quantitative estimate of drug-likeness (QED) is 0.741. The van der Waals surface area contributed by atoms with E-state index in [1.54, 1.807) is 7.11 Å². The molecule has 0 N–H and O–H groups in total. The molecule has 126 valence electrons. The van der Waals surface area contributed by atoms with Crippen LogP contribution in [0.1, 0.15) is 24.4 Å². The third kappa shape index (κ3) is 2.08. The van der Waals surface area contributed by atoms with Crippen LogP contribution in [0.4, 0.5) is 0 Å². The first-order chi connectivity index (χ1) is 11.6. The number of aromatic nitrogens is 2. The lowest BCUT2D eigenvalue weighted by Gasteiger charge is -2.22. The second-order valence-electron chi connectivity index (χ2n) is 6.76. The van der Waals surface area contributed by atoms with Crippen LogP contribution < -0.4 is 9.75 Å². The lowest BCUT2D eigenvalue weighted by Crippen LogP contribution is -2.24. The van der Waals surface area contributed by atoms with Gasteiger partial charge >= 0.3 is 0 Å². The highest BCUT2D eigenvalue weighted by Crippen LogP contribution is 2.41. The summed E-state index contributed by atoms with van der Waals surface area (Å²) in [6.45, 7) is 1.14. The third-order valence-electron chi connectivity index (χ3n) is 5.14. The molecule has 3 aromatic rings. The molecule has 3 heterocycles. The molecule has 2 aromatic heterocycles. The van der Waals surface area contributed by atoms with Crippen molar-refractivity contribution in [2.24, 2.45) is 0 Å². The summed E-state index contributed by atoms with van der Waals surface area (Å²) in [6.07, 6.45) is 4.43. The van der Waals surface area contributed by atoms with Gasteiger partial charge in [0.25, 0.3) is 0 Å². The molecular formula is C19H24N4O. The van der Waals surface area contributed by atoms with E-state index in [0.717, 1.165) is 12.1 Å². The first-order valence-electron chi connectivity index (χ1n) is 8.47. The summed E-state index contributed by atoms with van der Waals surface area (Å²) in [5.41, 5.74) is 3.55. The molecule has 1 aliphatic heterocycles. The summed E-state index contributed by atoms with van der Waals surface area (Å²) in [6, 6.07) is 8.98. The van der Waals surface area contributed by atoms with Gasteiger partial charge in [-0.05, 0) is 38.1 Å². The molecule has 5 heteroatoms. The van der Waals surface area contributed by atoms with Gasteiger partial charge in [-0.25, -0.2) is 4.98 Å². The van der Waals surface area contributed by atoms with Crippen molar-refractivity contribution in [3.63, 3.8) is 0 Å². The van der Waals surface area contributed by atoms with Crippen molar-refractivity contribution >= 4 is 21.8 Å². The largest absolute Gasteiger partial charge is 0.479 e. The number of benzene rings is 1. The fraction of sp³-hybridized carbons (Fsp3) is 0.421. The first-order valence-corrected chi connectivity index (χ1v) is 8.47. The predicted molar refractivity (Wildman–Crippen MR) is 98.5 cm³/mol. The van der Waals surface area contributed by atoms with Gasteiger partial charge in [0.15, 0.2) is 0 Å². The van der Waals surface area contributed by atoms with Gasteiger partial charge in [0.2, 0.25) is 5.88 Å². The molecule has 0 bridgehead atoms. The number of ether oxygens (including phenoxy) is 1. The van der Waals surface area contributed by atoms with Crippen LogP contribution in [-0.2, 0) is 0 Å². The normalized spacial score (nSPS) is 18.6. The maximum atomic E-state index is 5.62. The summed E-state index contributed by atoms with van der Waals surface area (Å²) in [5, 5.41) is 4.62. The Morgan fingerprint density at radius 2 is 2.04 bits per heavy atom. The number of para-hydroxylation sites is 1. The lowest BCUT2D eigenvalue weighted by molar-refractivity contribution is 0.318. The Labute approximate surface area is 142 Å². The van der Waals surface area contributed by atoms with Crippen molar-refractivity contribution in [1.29, 1.82) is 0 Å². The van der Waals surface area contributed by atoms with Gasteiger partial charge in [0.1, 0.15) is 5.52 Å². The number of nitrogens with zero attached hydrogens (tertiary/aromatic N) is 4. The second-order valence-corrected chi connectivity index (χ2v) is 6.76. The minimum Gasteiger partial charge on any atom is -0.479 e. The van der Waals surface area contributed by atoms with E-state index in [4.69, 9.17) is 4.74 Å². The van der Waals surface area contributed by atoms with Crippen molar-refractivity contribution in [2.45, 2.75) is 18.9 Å². The van der Waals surface area contributed by atoms with E-state index >= 15 is 0 Å². The number of fused-ring (bicyclic) bond motifs is 3. The number of methoxy groups -OCH3 is 1. The van der Waals surface area contributed by atoms with Gasteiger partial charge in [0, 0.05) is 37.1 Å². The molecule has 1 aromatic carbocycles. The van der Waals surface area contributed by atoms with Crippen LogP contribution in [-0.4, -0.2) is 49.4 Å². The van der Waals surface area contributed by atoms with E-state index in [2.05, 4.69) is 65.0 Å². The molecule has 0 aliphatic carbocycles. The SMILES string of the molecule is COc1ncc([C@@H]2CCCN2C)c2c3ccccc3n(N(C)C)c12. The number of rotatable bonds is 3. The van der Waals surface area contributed by atoms with E-state index in [1.807, 2.05) is 6.20 Å². The Morgan fingerprint density at radius 3 is 2.71 bits per heavy atom. The van der Waals surface area contributed by atoms with Crippen LogP contribution in [0.25, 0.3) is 21.8 Å². The van der Waals surface area contributed by atoms with Gasteiger partial charge in [-0.3, -0.25) is 9.58 Å². The monoisotopic (exact) mass is 324 g/mol. The predicted octanol–water partition coefficient (Wildman–Crippen LogP) is 3.16. The van der Waals surface area contributed by atoms with Crippen molar-refractivity contribution in [3.8, 4) is 5.88 Å². The Morgan fingerprint density at radius 1 is 1.25 bits per heavy atom. The first kappa shape index (κ1) is 15.3. The summed E-state index contributed by atoms with van der Waals surface area (Å²) in [7, 11) is 8.01. The average molecular weight is 324 g/mol. The van der Waals surface area contributed by atoms with E-state index < -0.39 is 0 Å². The molecule has 0 saturated carbocycles. The van der Waals surface area contributed by atoms with Crippen LogP contribution in [0.2, 0.25) is 0 Å². The zero-order valence-electron chi connectivity index (χ0n) is 14.8. The van der Waals surface area contributed by atoms with E-state index in [0.29, 0.717) is 11.9 Å². The summed E-state index contributed by atoms with van der Waals surface area (Å²) < 4.78 is 7.82. The zero-order valence-corrected chi connectivity index (χ0v) is 14.8.